The Balaban J connectivity index is 1.42. The first kappa shape index (κ1) is 22.8. The molecule has 0 unspecified atom stereocenters. The summed E-state index contributed by atoms with van der Waals surface area (Å²) < 4.78 is 21.4. The molecule has 0 saturated heterocycles. The molecule has 0 atom stereocenters. The number of halogens is 1. The standard InChI is InChI=1S/C23H18FN5O4S/c1-29-8-6-14(11-20(29)31)17-12-34-23(27-17)28-19(30)10-13-4-5-18(16(24)9-13)33-22-15(21(25)32)3-2-7-26-22/h2-9,11-12H,10H2,1H3,(H2,25,32)(H,27,28,30). The number of nitrogens with one attached hydrogen (secondary N) is 1. The highest BCUT2D eigenvalue weighted by Crippen LogP contribution is 2.27. The highest BCUT2D eigenvalue weighted by atomic mass is 32.1. The molecule has 4 rings (SSSR count). The van der Waals surface area contributed by atoms with Crippen molar-refractivity contribution >= 4 is 28.3 Å². The van der Waals surface area contributed by atoms with Crippen LogP contribution in [0.25, 0.3) is 11.3 Å². The van der Waals surface area contributed by atoms with Gasteiger partial charge in [-0.3, -0.25) is 14.4 Å². The van der Waals surface area contributed by atoms with Crippen LogP contribution in [0.2, 0.25) is 0 Å². The molecule has 0 aliphatic rings. The maximum absolute atomic E-state index is 14.6. The lowest BCUT2D eigenvalue weighted by molar-refractivity contribution is -0.115. The summed E-state index contributed by atoms with van der Waals surface area (Å²) in [7, 11) is 1.65. The lowest BCUT2D eigenvalue weighted by Crippen LogP contribution is -2.15. The van der Waals surface area contributed by atoms with Gasteiger partial charge in [0, 0.05) is 36.5 Å². The lowest BCUT2D eigenvalue weighted by atomic mass is 10.1. The first-order valence-electron chi connectivity index (χ1n) is 9.93. The minimum Gasteiger partial charge on any atom is -0.435 e. The number of carbonyl (C=O) groups is 2. The highest BCUT2D eigenvalue weighted by Gasteiger charge is 2.15. The molecule has 1 aromatic carbocycles. The van der Waals surface area contributed by atoms with Crippen molar-refractivity contribution in [3.05, 3.63) is 87.5 Å². The Kier molecular flexibility index (Phi) is 6.46. The van der Waals surface area contributed by atoms with Crippen molar-refractivity contribution < 1.29 is 18.7 Å². The number of hydrogen-bond donors (Lipinski definition) is 2. The predicted molar refractivity (Wildman–Crippen MR) is 124 cm³/mol. The number of rotatable bonds is 7. The maximum atomic E-state index is 14.6. The fraction of sp³-hybridized carbons (Fsp3) is 0.0870. The Morgan fingerprint density at radius 1 is 1.24 bits per heavy atom. The van der Waals surface area contributed by atoms with Gasteiger partial charge < -0.3 is 20.4 Å². The Morgan fingerprint density at radius 2 is 2.06 bits per heavy atom. The molecule has 0 fully saturated rings. The number of aromatic nitrogens is 3. The molecule has 0 aliphatic heterocycles. The van der Waals surface area contributed by atoms with E-state index < -0.39 is 17.6 Å². The van der Waals surface area contributed by atoms with Crippen LogP contribution in [0.5, 0.6) is 11.6 Å². The number of benzene rings is 1. The zero-order valence-electron chi connectivity index (χ0n) is 17.8. The molecule has 4 aromatic rings. The van der Waals surface area contributed by atoms with Gasteiger partial charge in [-0.05, 0) is 35.9 Å². The molecule has 3 aromatic heterocycles. The average molecular weight is 479 g/mol. The van der Waals surface area contributed by atoms with Gasteiger partial charge >= 0.3 is 0 Å². The summed E-state index contributed by atoms with van der Waals surface area (Å²) in [6.45, 7) is 0. The van der Waals surface area contributed by atoms with E-state index in [1.807, 2.05) is 0 Å². The zero-order valence-corrected chi connectivity index (χ0v) is 18.6. The van der Waals surface area contributed by atoms with Gasteiger partial charge in [-0.15, -0.1) is 11.3 Å². The lowest BCUT2D eigenvalue weighted by Gasteiger charge is -2.09. The average Bonchev–Trinajstić information content (AvgIpc) is 3.26. The molecule has 9 nitrogen and oxygen atoms in total. The fourth-order valence-electron chi connectivity index (χ4n) is 3.02. The third kappa shape index (κ3) is 5.15. The van der Waals surface area contributed by atoms with Gasteiger partial charge in [-0.1, -0.05) is 6.07 Å². The van der Waals surface area contributed by atoms with E-state index in [1.54, 1.807) is 24.7 Å². The predicted octanol–water partition coefficient (Wildman–Crippen LogP) is 3.12. The molecule has 172 valence electrons. The van der Waals surface area contributed by atoms with Gasteiger partial charge in [-0.25, -0.2) is 14.4 Å². The minimum atomic E-state index is -0.753. The number of pyridine rings is 2. The van der Waals surface area contributed by atoms with E-state index >= 15 is 0 Å². The van der Waals surface area contributed by atoms with Crippen LogP contribution in [0.1, 0.15) is 15.9 Å². The van der Waals surface area contributed by atoms with Gasteiger partial charge in [-0.2, -0.15) is 0 Å². The van der Waals surface area contributed by atoms with E-state index in [0.717, 1.165) is 6.07 Å². The van der Waals surface area contributed by atoms with E-state index in [1.165, 1.54) is 52.4 Å². The molecule has 0 bridgehead atoms. The van der Waals surface area contributed by atoms with E-state index in [2.05, 4.69) is 15.3 Å². The van der Waals surface area contributed by atoms with Gasteiger partial charge in [0.25, 0.3) is 11.5 Å². The number of carbonyl (C=O) groups excluding carboxylic acids is 2. The summed E-state index contributed by atoms with van der Waals surface area (Å²) in [5.74, 6) is -2.15. The molecule has 3 heterocycles. The molecule has 0 saturated carbocycles. The van der Waals surface area contributed by atoms with Crippen LogP contribution in [0, 0.1) is 5.82 Å². The number of anilines is 1. The second-order valence-corrected chi connectivity index (χ2v) is 8.07. The number of hydrogen-bond acceptors (Lipinski definition) is 7. The van der Waals surface area contributed by atoms with Crippen LogP contribution in [0.3, 0.4) is 0 Å². The molecule has 0 spiro atoms. The Morgan fingerprint density at radius 3 is 2.79 bits per heavy atom. The maximum Gasteiger partial charge on any atom is 0.254 e. The number of ether oxygens (including phenoxy) is 1. The van der Waals surface area contributed by atoms with Gasteiger partial charge in [0.15, 0.2) is 16.7 Å². The van der Waals surface area contributed by atoms with Crippen LogP contribution in [-0.4, -0.2) is 26.3 Å². The van der Waals surface area contributed by atoms with E-state index in [-0.39, 0.29) is 29.2 Å². The number of aryl methyl sites for hydroxylation is 1. The van der Waals surface area contributed by atoms with Crippen molar-refractivity contribution in [2.45, 2.75) is 6.42 Å². The fourth-order valence-corrected chi connectivity index (χ4v) is 3.76. The number of primary amides is 1. The van der Waals surface area contributed by atoms with E-state index in [9.17, 15) is 18.8 Å². The summed E-state index contributed by atoms with van der Waals surface area (Å²) in [5, 5.41) is 4.76. The van der Waals surface area contributed by atoms with Crippen molar-refractivity contribution in [3.63, 3.8) is 0 Å². The first-order valence-corrected chi connectivity index (χ1v) is 10.8. The van der Waals surface area contributed by atoms with Gasteiger partial charge in [0.05, 0.1) is 12.1 Å². The largest absolute Gasteiger partial charge is 0.435 e. The molecular weight excluding hydrogens is 461 g/mol. The number of nitrogens with two attached hydrogens (primary N) is 1. The molecule has 2 amide bonds. The third-order valence-corrected chi connectivity index (χ3v) is 5.51. The highest BCUT2D eigenvalue weighted by molar-refractivity contribution is 7.14. The second kappa shape index (κ2) is 9.63. The third-order valence-electron chi connectivity index (χ3n) is 4.75. The minimum absolute atomic E-state index is 0.0176. The second-order valence-electron chi connectivity index (χ2n) is 7.21. The quantitative estimate of drug-likeness (QED) is 0.419. The Bertz CT molecular complexity index is 1450. The Hall–Kier alpha value is -4.38. The van der Waals surface area contributed by atoms with Crippen molar-refractivity contribution in [3.8, 4) is 22.9 Å². The topological polar surface area (TPSA) is 129 Å². The van der Waals surface area contributed by atoms with Gasteiger partial charge in [0.2, 0.25) is 11.8 Å². The Labute approximate surface area is 196 Å². The van der Waals surface area contributed by atoms with Crippen LogP contribution in [0.15, 0.2) is 65.0 Å². The summed E-state index contributed by atoms with van der Waals surface area (Å²) in [5.41, 5.74) is 6.74. The summed E-state index contributed by atoms with van der Waals surface area (Å²) in [6, 6.07) is 10.2. The van der Waals surface area contributed by atoms with E-state index in [0.29, 0.717) is 22.0 Å². The van der Waals surface area contributed by atoms with Crippen molar-refractivity contribution in [1.29, 1.82) is 0 Å². The zero-order chi connectivity index (χ0) is 24.2. The number of nitrogens with zero attached hydrogens (tertiary/aromatic N) is 3. The van der Waals surface area contributed by atoms with Crippen LogP contribution < -0.4 is 21.3 Å². The molecule has 0 radical (unpaired) electrons. The molecule has 0 aliphatic carbocycles. The molecule has 11 heteroatoms. The summed E-state index contributed by atoms with van der Waals surface area (Å²) >= 11 is 1.21. The summed E-state index contributed by atoms with van der Waals surface area (Å²) in [4.78, 5) is 43.9. The monoisotopic (exact) mass is 479 g/mol. The van der Waals surface area contributed by atoms with Crippen molar-refractivity contribution in [1.82, 2.24) is 14.5 Å². The van der Waals surface area contributed by atoms with Gasteiger partial charge in [0.1, 0.15) is 5.56 Å². The summed E-state index contributed by atoms with van der Waals surface area (Å²) in [6.07, 6.45) is 2.92. The SMILES string of the molecule is Cn1ccc(-c2csc(NC(=O)Cc3ccc(Oc4ncccc4C(N)=O)c(F)c3)n2)cc1=O. The van der Waals surface area contributed by atoms with Crippen LogP contribution >= 0.6 is 11.3 Å². The van der Waals surface area contributed by atoms with Crippen LogP contribution in [0.4, 0.5) is 9.52 Å². The molecule has 34 heavy (non-hydrogen) atoms. The van der Waals surface area contributed by atoms with Crippen molar-refractivity contribution in [2.75, 3.05) is 5.32 Å². The molecule has 3 N–H and O–H groups in total. The van der Waals surface area contributed by atoms with Crippen LogP contribution in [-0.2, 0) is 18.3 Å². The number of thiazole rings is 1. The molecular formula is C23H18FN5O4S. The normalized spacial score (nSPS) is 10.6. The van der Waals surface area contributed by atoms with Crippen molar-refractivity contribution in [2.24, 2.45) is 12.8 Å². The smallest absolute Gasteiger partial charge is 0.254 e. The first-order chi connectivity index (χ1) is 16.3. The van der Waals surface area contributed by atoms with E-state index in [4.69, 9.17) is 10.5 Å². The number of amides is 2.